The Bertz CT molecular complexity index is 793. The van der Waals surface area contributed by atoms with Gasteiger partial charge in [-0.2, -0.15) is 0 Å². The summed E-state index contributed by atoms with van der Waals surface area (Å²) in [5, 5.41) is 3.02. The highest BCUT2D eigenvalue weighted by Crippen LogP contribution is 2.33. The number of amides is 1. The number of nitrogens with one attached hydrogen (secondary N) is 2. The third-order valence-electron chi connectivity index (χ3n) is 5.04. The first-order chi connectivity index (χ1) is 13.8. The van der Waals surface area contributed by atoms with E-state index in [-0.39, 0.29) is 25.3 Å². The van der Waals surface area contributed by atoms with Gasteiger partial charge in [-0.15, -0.1) is 0 Å². The molecule has 148 valence electrons. The minimum atomic E-state index is -0.137. The highest BCUT2D eigenvalue weighted by Gasteiger charge is 2.28. The molecular formula is C21H25N2O5+. The molecule has 2 N–H and O–H groups in total. The fraction of sp³-hybridized carbons (Fsp3) is 0.381. The Labute approximate surface area is 164 Å². The van der Waals surface area contributed by atoms with E-state index in [1.807, 2.05) is 48.5 Å². The summed E-state index contributed by atoms with van der Waals surface area (Å²) >= 11 is 0. The van der Waals surface area contributed by atoms with E-state index in [0.29, 0.717) is 12.3 Å². The van der Waals surface area contributed by atoms with Gasteiger partial charge in [0.25, 0.3) is 5.91 Å². The minimum Gasteiger partial charge on any atom is -0.484 e. The Morgan fingerprint density at radius 3 is 2.68 bits per heavy atom. The molecule has 0 spiro atoms. The van der Waals surface area contributed by atoms with Crippen molar-refractivity contribution >= 4 is 5.91 Å². The van der Waals surface area contributed by atoms with Crippen LogP contribution in [-0.4, -0.2) is 52.2 Å². The van der Waals surface area contributed by atoms with Gasteiger partial charge in [0.1, 0.15) is 24.9 Å². The molecule has 2 aliphatic rings. The molecule has 2 aromatic carbocycles. The molecule has 2 aliphatic heterocycles. The lowest BCUT2D eigenvalue weighted by Gasteiger charge is -2.32. The number of hydrogen-bond donors (Lipinski definition) is 2. The highest BCUT2D eigenvalue weighted by molar-refractivity contribution is 5.77. The molecule has 0 bridgehead atoms. The van der Waals surface area contributed by atoms with Crippen molar-refractivity contribution in [1.82, 2.24) is 5.32 Å². The van der Waals surface area contributed by atoms with Crippen LogP contribution in [-0.2, 0) is 9.53 Å². The summed E-state index contributed by atoms with van der Waals surface area (Å²) in [6.07, 6.45) is 0. The number of para-hydroxylation sites is 1. The average Bonchev–Trinajstić information content (AvgIpc) is 3.22. The molecule has 1 amide bonds. The van der Waals surface area contributed by atoms with Crippen LogP contribution in [0.4, 0.5) is 0 Å². The highest BCUT2D eigenvalue weighted by atomic mass is 16.7. The van der Waals surface area contributed by atoms with Crippen LogP contribution in [0.5, 0.6) is 17.2 Å². The zero-order valence-electron chi connectivity index (χ0n) is 15.7. The van der Waals surface area contributed by atoms with E-state index in [1.54, 1.807) is 0 Å². The van der Waals surface area contributed by atoms with Crippen LogP contribution in [0.15, 0.2) is 48.5 Å². The molecule has 28 heavy (non-hydrogen) atoms. The summed E-state index contributed by atoms with van der Waals surface area (Å²) in [4.78, 5) is 13.7. The van der Waals surface area contributed by atoms with Gasteiger partial charge in [0.05, 0.1) is 19.8 Å². The van der Waals surface area contributed by atoms with Crippen molar-refractivity contribution in [3.63, 3.8) is 0 Å². The summed E-state index contributed by atoms with van der Waals surface area (Å²) in [5.41, 5.74) is 1.12. The maximum atomic E-state index is 12.3. The zero-order valence-corrected chi connectivity index (χ0v) is 15.7. The smallest absolute Gasteiger partial charge is 0.258 e. The van der Waals surface area contributed by atoms with Crippen LogP contribution in [0.1, 0.15) is 11.6 Å². The first kappa shape index (κ1) is 18.6. The molecule has 2 aromatic rings. The number of benzene rings is 2. The molecular weight excluding hydrogens is 360 g/mol. The minimum absolute atomic E-state index is 0.00365. The fourth-order valence-corrected chi connectivity index (χ4v) is 3.54. The van der Waals surface area contributed by atoms with Gasteiger partial charge in [0.15, 0.2) is 18.1 Å². The van der Waals surface area contributed by atoms with E-state index < -0.39 is 0 Å². The number of carbonyl (C=O) groups is 1. The van der Waals surface area contributed by atoms with Gasteiger partial charge in [-0.1, -0.05) is 18.2 Å². The lowest BCUT2D eigenvalue weighted by molar-refractivity contribution is -0.937. The number of hydrogen-bond acceptors (Lipinski definition) is 5. The average molecular weight is 385 g/mol. The van der Waals surface area contributed by atoms with Crippen LogP contribution < -0.4 is 24.4 Å². The SMILES string of the molecule is O=C(COc1ccccc1)NC[C@H](c1ccc2c(c1)OCO2)[NH+]1CCOCC1. The van der Waals surface area contributed by atoms with Crippen molar-refractivity contribution in [2.24, 2.45) is 0 Å². The summed E-state index contributed by atoms with van der Waals surface area (Å²) in [7, 11) is 0. The van der Waals surface area contributed by atoms with Gasteiger partial charge < -0.3 is 29.2 Å². The number of fused-ring (bicyclic) bond motifs is 1. The van der Waals surface area contributed by atoms with Gasteiger partial charge in [-0.3, -0.25) is 4.79 Å². The Balaban J connectivity index is 1.40. The second-order valence-corrected chi connectivity index (χ2v) is 6.84. The van der Waals surface area contributed by atoms with E-state index in [9.17, 15) is 4.79 Å². The van der Waals surface area contributed by atoms with E-state index in [4.69, 9.17) is 18.9 Å². The molecule has 0 saturated carbocycles. The summed E-state index contributed by atoms with van der Waals surface area (Å²) < 4.78 is 22.0. The third-order valence-corrected chi connectivity index (χ3v) is 5.04. The Morgan fingerprint density at radius 1 is 1.07 bits per heavy atom. The van der Waals surface area contributed by atoms with Crippen molar-refractivity contribution in [2.45, 2.75) is 6.04 Å². The number of ether oxygens (including phenoxy) is 4. The van der Waals surface area contributed by atoms with Crippen LogP contribution in [0.2, 0.25) is 0 Å². The van der Waals surface area contributed by atoms with Crippen LogP contribution in [0.25, 0.3) is 0 Å². The zero-order chi connectivity index (χ0) is 19.2. The van der Waals surface area contributed by atoms with Gasteiger partial charge in [-0.25, -0.2) is 0 Å². The van der Waals surface area contributed by atoms with Gasteiger partial charge in [0.2, 0.25) is 6.79 Å². The molecule has 2 heterocycles. The first-order valence-electron chi connectivity index (χ1n) is 9.56. The normalized spacial score (nSPS) is 17.1. The largest absolute Gasteiger partial charge is 0.484 e. The Morgan fingerprint density at radius 2 is 1.86 bits per heavy atom. The molecule has 4 rings (SSSR count). The number of morpholine rings is 1. The van der Waals surface area contributed by atoms with E-state index in [2.05, 4.69) is 5.32 Å². The quantitative estimate of drug-likeness (QED) is 0.729. The van der Waals surface area contributed by atoms with Crippen molar-refractivity contribution in [2.75, 3.05) is 46.2 Å². The monoisotopic (exact) mass is 385 g/mol. The Kier molecular flexibility index (Phi) is 5.94. The number of carbonyl (C=O) groups excluding carboxylic acids is 1. The van der Waals surface area contributed by atoms with Gasteiger partial charge >= 0.3 is 0 Å². The number of quaternary nitrogens is 1. The van der Waals surface area contributed by atoms with Crippen LogP contribution in [0.3, 0.4) is 0 Å². The molecule has 0 aromatic heterocycles. The van der Waals surface area contributed by atoms with Gasteiger partial charge in [0, 0.05) is 5.56 Å². The van der Waals surface area contributed by atoms with E-state index in [1.165, 1.54) is 4.90 Å². The summed E-state index contributed by atoms with van der Waals surface area (Å²) in [5.74, 6) is 2.07. The Hall–Kier alpha value is -2.77. The van der Waals surface area contributed by atoms with Crippen molar-refractivity contribution in [1.29, 1.82) is 0 Å². The number of rotatable bonds is 7. The maximum Gasteiger partial charge on any atom is 0.258 e. The van der Waals surface area contributed by atoms with Gasteiger partial charge in [-0.05, 0) is 30.3 Å². The lowest BCUT2D eigenvalue weighted by Crippen LogP contribution is -3.15. The lowest BCUT2D eigenvalue weighted by atomic mass is 10.0. The molecule has 7 nitrogen and oxygen atoms in total. The molecule has 0 unspecified atom stereocenters. The standard InChI is InChI=1S/C21H24N2O5/c24-21(14-26-17-4-2-1-3-5-17)22-13-18(23-8-10-25-11-9-23)16-6-7-19-20(12-16)28-15-27-19/h1-7,12,18H,8-11,13-15H2,(H,22,24)/p+1/t18-/m1/s1. The van der Waals surface area contributed by atoms with Crippen molar-refractivity contribution in [3.8, 4) is 17.2 Å². The summed E-state index contributed by atoms with van der Waals surface area (Å²) in [6.45, 7) is 4.01. The molecule has 1 saturated heterocycles. The third kappa shape index (κ3) is 4.55. The predicted molar refractivity (Wildman–Crippen MR) is 102 cm³/mol. The van der Waals surface area contributed by atoms with Crippen molar-refractivity contribution < 1.29 is 28.6 Å². The van der Waals surface area contributed by atoms with E-state index in [0.717, 1.165) is 43.4 Å². The maximum absolute atomic E-state index is 12.3. The summed E-state index contributed by atoms with van der Waals surface area (Å²) in [6, 6.07) is 15.4. The molecule has 7 heteroatoms. The topological polar surface area (TPSA) is 70.5 Å². The second kappa shape index (κ2) is 8.95. The first-order valence-corrected chi connectivity index (χ1v) is 9.56. The molecule has 1 atom stereocenters. The molecule has 1 fully saturated rings. The predicted octanol–water partition coefficient (Wildman–Crippen LogP) is 0.567. The molecule has 0 radical (unpaired) electrons. The fourth-order valence-electron chi connectivity index (χ4n) is 3.54. The molecule has 0 aliphatic carbocycles. The van der Waals surface area contributed by atoms with Crippen molar-refractivity contribution in [3.05, 3.63) is 54.1 Å². The second-order valence-electron chi connectivity index (χ2n) is 6.84. The van der Waals surface area contributed by atoms with E-state index >= 15 is 0 Å². The van der Waals surface area contributed by atoms with Crippen LogP contribution in [0, 0.1) is 0 Å². The van der Waals surface area contributed by atoms with Crippen LogP contribution >= 0.6 is 0 Å².